The van der Waals surface area contributed by atoms with Crippen molar-refractivity contribution in [1.82, 2.24) is 5.32 Å². The minimum atomic E-state index is -0.549. The van der Waals surface area contributed by atoms with Crippen LogP contribution in [0, 0.1) is 0 Å². The van der Waals surface area contributed by atoms with Crippen molar-refractivity contribution in [1.29, 1.82) is 0 Å². The van der Waals surface area contributed by atoms with E-state index in [1.807, 2.05) is 6.92 Å². The standard InChI is InChI=1S/C13H18N2O3/c1-13(6-3-7-14-13)12(17)15-10-5-4-9(18-2)8-11(10)16/h4-5,8,14,16H,3,6-7H2,1-2H3,(H,15,17). The molecule has 5 heteroatoms. The number of aromatic hydroxyl groups is 1. The molecule has 1 aliphatic rings. The normalized spacial score (nSPS) is 22.8. The summed E-state index contributed by atoms with van der Waals surface area (Å²) < 4.78 is 4.99. The Kier molecular flexibility index (Phi) is 3.43. The number of anilines is 1. The average Bonchev–Trinajstić information content (AvgIpc) is 2.80. The van der Waals surface area contributed by atoms with E-state index < -0.39 is 5.54 Å². The molecular formula is C13H18N2O3. The third kappa shape index (κ3) is 2.41. The maximum Gasteiger partial charge on any atom is 0.244 e. The van der Waals surface area contributed by atoms with E-state index in [-0.39, 0.29) is 11.7 Å². The lowest BCUT2D eigenvalue weighted by Crippen LogP contribution is -2.47. The second-order valence-electron chi connectivity index (χ2n) is 4.70. The summed E-state index contributed by atoms with van der Waals surface area (Å²) in [5.41, 5.74) is -0.150. The molecule has 0 bridgehead atoms. The van der Waals surface area contributed by atoms with Crippen molar-refractivity contribution in [3.63, 3.8) is 0 Å². The van der Waals surface area contributed by atoms with E-state index in [0.29, 0.717) is 11.4 Å². The zero-order chi connectivity index (χ0) is 13.2. The highest BCUT2D eigenvalue weighted by Crippen LogP contribution is 2.29. The zero-order valence-electron chi connectivity index (χ0n) is 10.6. The number of carbonyl (C=O) groups is 1. The van der Waals surface area contributed by atoms with Gasteiger partial charge in [0.2, 0.25) is 5.91 Å². The number of carbonyl (C=O) groups excluding carboxylic acids is 1. The van der Waals surface area contributed by atoms with E-state index >= 15 is 0 Å². The van der Waals surface area contributed by atoms with E-state index in [4.69, 9.17) is 4.74 Å². The first-order valence-corrected chi connectivity index (χ1v) is 5.99. The van der Waals surface area contributed by atoms with Gasteiger partial charge in [0.1, 0.15) is 11.5 Å². The van der Waals surface area contributed by atoms with Crippen LogP contribution in [0.1, 0.15) is 19.8 Å². The third-order valence-corrected chi connectivity index (χ3v) is 3.32. The molecule has 1 atom stereocenters. The fraction of sp³-hybridized carbons (Fsp3) is 0.462. The molecule has 0 radical (unpaired) electrons. The van der Waals surface area contributed by atoms with Crippen LogP contribution in [-0.4, -0.2) is 30.2 Å². The number of hydrogen-bond acceptors (Lipinski definition) is 4. The lowest BCUT2D eigenvalue weighted by molar-refractivity contribution is -0.121. The SMILES string of the molecule is COc1ccc(NC(=O)C2(C)CCCN2)c(O)c1. The van der Waals surface area contributed by atoms with Crippen molar-refractivity contribution in [2.75, 3.05) is 19.0 Å². The van der Waals surface area contributed by atoms with Gasteiger partial charge >= 0.3 is 0 Å². The maximum absolute atomic E-state index is 12.1. The van der Waals surface area contributed by atoms with Gasteiger partial charge in [-0.05, 0) is 38.4 Å². The van der Waals surface area contributed by atoms with Crippen molar-refractivity contribution in [3.05, 3.63) is 18.2 Å². The van der Waals surface area contributed by atoms with Gasteiger partial charge in [-0.15, -0.1) is 0 Å². The fourth-order valence-corrected chi connectivity index (χ4v) is 2.09. The summed E-state index contributed by atoms with van der Waals surface area (Å²) in [5, 5.41) is 15.7. The number of nitrogens with one attached hydrogen (secondary N) is 2. The van der Waals surface area contributed by atoms with Crippen molar-refractivity contribution in [2.45, 2.75) is 25.3 Å². The molecule has 18 heavy (non-hydrogen) atoms. The molecule has 2 rings (SSSR count). The number of amides is 1. The smallest absolute Gasteiger partial charge is 0.244 e. The minimum Gasteiger partial charge on any atom is -0.506 e. The highest BCUT2D eigenvalue weighted by molar-refractivity contribution is 5.99. The second-order valence-corrected chi connectivity index (χ2v) is 4.70. The second kappa shape index (κ2) is 4.86. The molecule has 1 unspecified atom stereocenters. The molecule has 0 aromatic heterocycles. The van der Waals surface area contributed by atoms with Gasteiger partial charge in [-0.25, -0.2) is 0 Å². The van der Waals surface area contributed by atoms with Crippen molar-refractivity contribution in [2.24, 2.45) is 0 Å². The first kappa shape index (κ1) is 12.7. The molecule has 1 amide bonds. The van der Waals surface area contributed by atoms with Crippen LogP contribution in [0.2, 0.25) is 0 Å². The largest absolute Gasteiger partial charge is 0.506 e. The Morgan fingerprint density at radius 2 is 2.33 bits per heavy atom. The molecule has 3 N–H and O–H groups in total. The Balaban J connectivity index is 2.12. The van der Waals surface area contributed by atoms with Crippen LogP contribution in [0.15, 0.2) is 18.2 Å². The Hall–Kier alpha value is -1.75. The number of methoxy groups -OCH3 is 1. The highest BCUT2D eigenvalue weighted by atomic mass is 16.5. The average molecular weight is 250 g/mol. The summed E-state index contributed by atoms with van der Waals surface area (Å²) in [6, 6.07) is 4.80. The summed E-state index contributed by atoms with van der Waals surface area (Å²) in [6.45, 7) is 2.72. The van der Waals surface area contributed by atoms with Crippen LogP contribution in [0.5, 0.6) is 11.5 Å². The molecule has 1 aromatic carbocycles. The van der Waals surface area contributed by atoms with Crippen molar-refractivity contribution >= 4 is 11.6 Å². The Morgan fingerprint density at radius 1 is 1.56 bits per heavy atom. The summed E-state index contributed by atoms with van der Waals surface area (Å²) in [5.74, 6) is 0.431. The van der Waals surface area contributed by atoms with Crippen LogP contribution in [-0.2, 0) is 4.79 Å². The van der Waals surface area contributed by atoms with E-state index in [1.54, 1.807) is 12.1 Å². The third-order valence-electron chi connectivity index (χ3n) is 3.32. The Bertz CT molecular complexity index is 454. The quantitative estimate of drug-likeness (QED) is 0.711. The predicted octanol–water partition coefficient (Wildman–Crippen LogP) is 1.48. The van der Waals surface area contributed by atoms with Crippen LogP contribution >= 0.6 is 0 Å². The van der Waals surface area contributed by atoms with E-state index in [2.05, 4.69) is 10.6 Å². The summed E-state index contributed by atoms with van der Waals surface area (Å²) in [7, 11) is 1.52. The van der Waals surface area contributed by atoms with Crippen LogP contribution in [0.3, 0.4) is 0 Å². The topological polar surface area (TPSA) is 70.6 Å². The molecule has 1 heterocycles. The fourth-order valence-electron chi connectivity index (χ4n) is 2.09. The number of phenolic OH excluding ortho intramolecular Hbond substituents is 1. The monoisotopic (exact) mass is 250 g/mol. The number of hydrogen-bond donors (Lipinski definition) is 3. The van der Waals surface area contributed by atoms with Gasteiger partial charge in [0, 0.05) is 6.07 Å². The van der Waals surface area contributed by atoms with E-state index in [9.17, 15) is 9.90 Å². The van der Waals surface area contributed by atoms with Gasteiger partial charge in [0.15, 0.2) is 0 Å². The molecule has 0 aliphatic carbocycles. The van der Waals surface area contributed by atoms with Gasteiger partial charge in [0.05, 0.1) is 18.3 Å². The Labute approximate surface area is 106 Å². The number of ether oxygens (including phenoxy) is 1. The van der Waals surface area contributed by atoms with Gasteiger partial charge in [0.25, 0.3) is 0 Å². The van der Waals surface area contributed by atoms with E-state index in [0.717, 1.165) is 19.4 Å². The van der Waals surface area contributed by atoms with E-state index in [1.165, 1.54) is 13.2 Å². The van der Waals surface area contributed by atoms with Crippen molar-refractivity contribution < 1.29 is 14.6 Å². The Morgan fingerprint density at radius 3 is 2.89 bits per heavy atom. The minimum absolute atomic E-state index is 0.00398. The number of rotatable bonds is 3. The first-order chi connectivity index (χ1) is 8.55. The number of benzene rings is 1. The zero-order valence-corrected chi connectivity index (χ0v) is 10.6. The lowest BCUT2D eigenvalue weighted by atomic mass is 9.99. The molecule has 1 aromatic rings. The summed E-state index contributed by atoms with van der Waals surface area (Å²) in [4.78, 5) is 12.1. The maximum atomic E-state index is 12.1. The molecule has 5 nitrogen and oxygen atoms in total. The predicted molar refractivity (Wildman–Crippen MR) is 68.9 cm³/mol. The van der Waals surface area contributed by atoms with Gasteiger partial charge in [-0.1, -0.05) is 0 Å². The molecule has 1 fully saturated rings. The van der Waals surface area contributed by atoms with Gasteiger partial charge in [-0.3, -0.25) is 4.79 Å². The molecule has 98 valence electrons. The summed E-state index contributed by atoms with van der Waals surface area (Å²) in [6.07, 6.45) is 1.79. The molecule has 1 aliphatic heterocycles. The lowest BCUT2D eigenvalue weighted by Gasteiger charge is -2.23. The molecular weight excluding hydrogens is 232 g/mol. The van der Waals surface area contributed by atoms with Crippen LogP contribution < -0.4 is 15.4 Å². The molecule has 0 saturated carbocycles. The molecule has 0 spiro atoms. The number of phenols is 1. The van der Waals surface area contributed by atoms with Gasteiger partial charge < -0.3 is 20.5 Å². The van der Waals surface area contributed by atoms with Crippen LogP contribution in [0.25, 0.3) is 0 Å². The summed E-state index contributed by atoms with van der Waals surface area (Å²) >= 11 is 0. The van der Waals surface area contributed by atoms with Crippen LogP contribution in [0.4, 0.5) is 5.69 Å². The first-order valence-electron chi connectivity index (χ1n) is 5.99. The molecule has 1 saturated heterocycles. The van der Waals surface area contributed by atoms with Gasteiger partial charge in [-0.2, -0.15) is 0 Å². The van der Waals surface area contributed by atoms with Crippen molar-refractivity contribution in [3.8, 4) is 11.5 Å². The highest BCUT2D eigenvalue weighted by Gasteiger charge is 2.36.